The zero-order valence-electron chi connectivity index (χ0n) is 16.5. The maximum atomic E-state index is 12.3. The van der Waals surface area contributed by atoms with Gasteiger partial charge in [-0.1, -0.05) is 12.1 Å². The predicted octanol–water partition coefficient (Wildman–Crippen LogP) is 4.01. The second kappa shape index (κ2) is 8.22. The number of ether oxygens (including phenoxy) is 3. The normalized spacial score (nSPS) is 13.7. The van der Waals surface area contributed by atoms with E-state index in [1.54, 1.807) is 12.0 Å². The van der Waals surface area contributed by atoms with E-state index in [0.717, 1.165) is 16.9 Å². The van der Waals surface area contributed by atoms with Crippen LogP contribution in [-0.2, 0) is 24.3 Å². The van der Waals surface area contributed by atoms with Crippen molar-refractivity contribution >= 4 is 17.7 Å². The fraction of sp³-hybridized carbons (Fsp3) is 0.450. The van der Waals surface area contributed by atoms with Crippen LogP contribution in [0.15, 0.2) is 24.3 Å². The third kappa shape index (κ3) is 5.04. The molecule has 1 amide bonds. The Labute approximate surface area is 169 Å². The first-order valence-electron chi connectivity index (χ1n) is 9.04. The molecule has 2 heterocycles. The van der Waals surface area contributed by atoms with Gasteiger partial charge in [0, 0.05) is 12.1 Å². The van der Waals surface area contributed by atoms with Gasteiger partial charge in [0.25, 0.3) is 0 Å². The van der Waals surface area contributed by atoms with E-state index >= 15 is 0 Å². The van der Waals surface area contributed by atoms with E-state index in [9.17, 15) is 4.79 Å². The van der Waals surface area contributed by atoms with Gasteiger partial charge in [0.1, 0.15) is 18.0 Å². The van der Waals surface area contributed by atoms with Crippen molar-refractivity contribution in [2.75, 3.05) is 13.7 Å². The lowest BCUT2D eigenvalue weighted by Crippen LogP contribution is -2.40. The molecule has 1 aromatic carbocycles. The summed E-state index contributed by atoms with van der Waals surface area (Å²) in [4.78, 5) is 22.5. The molecule has 0 saturated carbocycles. The molecule has 7 nitrogen and oxygen atoms in total. The van der Waals surface area contributed by atoms with Crippen molar-refractivity contribution in [1.29, 1.82) is 0 Å². The smallest absolute Gasteiger partial charge is 0.410 e. The van der Waals surface area contributed by atoms with Gasteiger partial charge in [-0.25, -0.2) is 9.78 Å². The lowest BCUT2D eigenvalue weighted by atomic mass is 10.1. The average Bonchev–Trinajstić information content (AvgIpc) is 2.64. The minimum atomic E-state index is -0.548. The third-order valence-corrected chi connectivity index (χ3v) is 4.36. The summed E-state index contributed by atoms with van der Waals surface area (Å²) in [5, 5.41) is 0.0921. The molecule has 1 aliphatic heterocycles. The van der Waals surface area contributed by atoms with Gasteiger partial charge < -0.3 is 19.1 Å². The van der Waals surface area contributed by atoms with Crippen LogP contribution in [-0.4, -0.2) is 40.2 Å². The summed E-state index contributed by atoms with van der Waals surface area (Å²) >= 11 is 6.08. The number of halogens is 1. The van der Waals surface area contributed by atoms with Gasteiger partial charge in [-0.05, 0) is 56.5 Å². The SMILES string of the molecule is COc1ccc(COc2nc(Cl)nc3c2CCN(C(=O)OC(C)(C)C)C3)cc1. The highest BCUT2D eigenvalue weighted by molar-refractivity contribution is 6.28. The van der Waals surface area contributed by atoms with Crippen LogP contribution in [0, 0.1) is 0 Å². The maximum Gasteiger partial charge on any atom is 0.410 e. The zero-order chi connectivity index (χ0) is 20.3. The van der Waals surface area contributed by atoms with Gasteiger partial charge in [-0.3, -0.25) is 0 Å². The summed E-state index contributed by atoms with van der Waals surface area (Å²) in [6.45, 7) is 6.68. The van der Waals surface area contributed by atoms with Crippen LogP contribution < -0.4 is 9.47 Å². The number of amides is 1. The molecular formula is C20H24ClN3O4. The highest BCUT2D eigenvalue weighted by Crippen LogP contribution is 2.28. The van der Waals surface area contributed by atoms with Crippen LogP contribution in [0.4, 0.5) is 4.79 Å². The summed E-state index contributed by atoms with van der Waals surface area (Å²) in [7, 11) is 1.63. The monoisotopic (exact) mass is 405 g/mol. The molecule has 0 atom stereocenters. The van der Waals surface area contributed by atoms with Crippen molar-refractivity contribution in [3.05, 3.63) is 46.4 Å². The second-order valence-corrected chi connectivity index (χ2v) is 7.85. The van der Waals surface area contributed by atoms with Gasteiger partial charge in [0.2, 0.25) is 11.2 Å². The molecule has 0 unspecified atom stereocenters. The van der Waals surface area contributed by atoms with Gasteiger partial charge >= 0.3 is 6.09 Å². The summed E-state index contributed by atoms with van der Waals surface area (Å²) < 4.78 is 16.5. The van der Waals surface area contributed by atoms with E-state index in [1.165, 1.54) is 0 Å². The number of rotatable bonds is 4. The number of carbonyl (C=O) groups is 1. The first kappa shape index (κ1) is 20.2. The lowest BCUT2D eigenvalue weighted by Gasteiger charge is -2.31. The van der Waals surface area contributed by atoms with Crippen LogP contribution in [0.5, 0.6) is 11.6 Å². The van der Waals surface area contributed by atoms with E-state index in [2.05, 4.69) is 9.97 Å². The first-order valence-corrected chi connectivity index (χ1v) is 9.42. The molecule has 0 fully saturated rings. The highest BCUT2D eigenvalue weighted by Gasteiger charge is 2.29. The van der Waals surface area contributed by atoms with E-state index < -0.39 is 5.60 Å². The largest absolute Gasteiger partial charge is 0.497 e. The molecule has 1 aromatic heterocycles. The number of benzene rings is 1. The third-order valence-electron chi connectivity index (χ3n) is 4.19. The Morgan fingerprint density at radius 3 is 2.57 bits per heavy atom. The zero-order valence-corrected chi connectivity index (χ0v) is 17.2. The van der Waals surface area contributed by atoms with Gasteiger partial charge in [0.15, 0.2) is 0 Å². The number of aromatic nitrogens is 2. The van der Waals surface area contributed by atoms with E-state index in [-0.39, 0.29) is 11.4 Å². The van der Waals surface area contributed by atoms with Gasteiger partial charge in [-0.15, -0.1) is 0 Å². The summed E-state index contributed by atoms with van der Waals surface area (Å²) in [6.07, 6.45) is 0.206. The second-order valence-electron chi connectivity index (χ2n) is 7.51. The molecule has 0 saturated heterocycles. The van der Waals surface area contributed by atoms with Crippen molar-refractivity contribution in [1.82, 2.24) is 14.9 Å². The molecular weight excluding hydrogens is 382 g/mol. The highest BCUT2D eigenvalue weighted by atomic mass is 35.5. The Bertz CT molecular complexity index is 850. The van der Waals surface area contributed by atoms with E-state index in [0.29, 0.717) is 37.7 Å². The average molecular weight is 406 g/mol. The fourth-order valence-corrected chi connectivity index (χ4v) is 3.02. The van der Waals surface area contributed by atoms with Crippen LogP contribution >= 0.6 is 11.6 Å². The molecule has 0 bridgehead atoms. The number of hydrogen-bond acceptors (Lipinski definition) is 6. The van der Waals surface area contributed by atoms with Crippen molar-refractivity contribution in [2.24, 2.45) is 0 Å². The quantitative estimate of drug-likeness (QED) is 0.715. The van der Waals surface area contributed by atoms with Crippen LogP contribution in [0.2, 0.25) is 5.28 Å². The molecule has 150 valence electrons. The number of methoxy groups -OCH3 is 1. The Hall–Kier alpha value is -2.54. The molecule has 0 N–H and O–H groups in total. The molecule has 28 heavy (non-hydrogen) atoms. The summed E-state index contributed by atoms with van der Waals surface area (Å²) in [6, 6.07) is 7.61. The Morgan fingerprint density at radius 1 is 1.21 bits per heavy atom. The molecule has 0 spiro atoms. The maximum absolute atomic E-state index is 12.3. The lowest BCUT2D eigenvalue weighted by molar-refractivity contribution is 0.0219. The topological polar surface area (TPSA) is 73.8 Å². The van der Waals surface area contributed by atoms with Crippen LogP contribution in [0.25, 0.3) is 0 Å². The van der Waals surface area contributed by atoms with Crippen molar-refractivity contribution < 1.29 is 19.0 Å². The Morgan fingerprint density at radius 2 is 1.93 bits per heavy atom. The first-order chi connectivity index (χ1) is 13.2. The Kier molecular flexibility index (Phi) is 5.93. The number of fused-ring (bicyclic) bond motifs is 1. The number of carbonyl (C=O) groups excluding carboxylic acids is 1. The van der Waals surface area contributed by atoms with Crippen LogP contribution in [0.3, 0.4) is 0 Å². The van der Waals surface area contributed by atoms with Crippen molar-refractivity contribution in [3.63, 3.8) is 0 Å². The molecule has 3 rings (SSSR count). The number of nitrogens with zero attached hydrogens (tertiary/aromatic N) is 3. The summed E-state index contributed by atoms with van der Waals surface area (Å²) in [5.41, 5.74) is 1.99. The molecule has 1 aliphatic rings. The Balaban J connectivity index is 1.72. The van der Waals surface area contributed by atoms with Crippen molar-refractivity contribution in [2.45, 2.75) is 45.9 Å². The minimum Gasteiger partial charge on any atom is -0.497 e. The van der Waals surface area contributed by atoms with E-state index in [4.69, 9.17) is 25.8 Å². The minimum absolute atomic E-state index is 0.0921. The van der Waals surface area contributed by atoms with Gasteiger partial charge in [-0.2, -0.15) is 4.98 Å². The van der Waals surface area contributed by atoms with Crippen molar-refractivity contribution in [3.8, 4) is 11.6 Å². The molecule has 8 heteroatoms. The fourth-order valence-electron chi connectivity index (χ4n) is 2.84. The molecule has 0 aliphatic carbocycles. The standard InChI is InChI=1S/C20H24ClN3O4/c1-20(2,3)28-19(25)24-10-9-15-16(11-24)22-18(21)23-17(15)27-12-13-5-7-14(26-4)8-6-13/h5-8H,9-12H2,1-4H3. The number of hydrogen-bond donors (Lipinski definition) is 0. The van der Waals surface area contributed by atoms with Crippen LogP contribution in [0.1, 0.15) is 37.6 Å². The predicted molar refractivity (Wildman–Crippen MR) is 105 cm³/mol. The van der Waals surface area contributed by atoms with E-state index in [1.807, 2.05) is 45.0 Å². The van der Waals surface area contributed by atoms with Gasteiger partial charge in [0.05, 0.1) is 19.3 Å². The molecule has 0 radical (unpaired) electrons. The molecule has 2 aromatic rings. The summed E-state index contributed by atoms with van der Waals surface area (Å²) in [5.74, 6) is 1.24.